The van der Waals surface area contributed by atoms with Crippen molar-refractivity contribution in [3.05, 3.63) is 35.4 Å². The number of fused-ring (bicyclic) bond motifs is 1. The average Bonchev–Trinajstić information content (AvgIpc) is 2.64. The van der Waals surface area contributed by atoms with Gasteiger partial charge in [0, 0.05) is 13.0 Å². The van der Waals surface area contributed by atoms with Gasteiger partial charge in [0.1, 0.15) is 6.29 Å². The maximum absolute atomic E-state index is 12.1. The molecule has 1 unspecified atom stereocenters. The second-order valence-corrected chi connectivity index (χ2v) is 4.44. The van der Waals surface area contributed by atoms with E-state index in [1.54, 1.807) is 24.3 Å². The van der Waals surface area contributed by atoms with Gasteiger partial charge in [0.25, 0.3) is 11.8 Å². The number of carbonyl (C=O) groups excluding carboxylic acids is 3. The number of hydrogen-bond donors (Lipinski definition) is 0. The number of hydrogen-bond acceptors (Lipinski definition) is 3. The summed E-state index contributed by atoms with van der Waals surface area (Å²) in [5, 5.41) is 0. The summed E-state index contributed by atoms with van der Waals surface area (Å²) < 4.78 is 0. The normalized spacial score (nSPS) is 15.7. The molecular weight excluding hydrogens is 230 g/mol. The first-order valence-electron chi connectivity index (χ1n) is 6.07. The summed E-state index contributed by atoms with van der Waals surface area (Å²) in [6, 6.07) is 6.82. The van der Waals surface area contributed by atoms with E-state index in [0.717, 1.165) is 12.7 Å². The Morgan fingerprint density at radius 1 is 1.17 bits per heavy atom. The van der Waals surface area contributed by atoms with Crippen molar-refractivity contribution in [3.8, 4) is 0 Å². The van der Waals surface area contributed by atoms with Gasteiger partial charge in [0.05, 0.1) is 11.1 Å². The van der Waals surface area contributed by atoms with E-state index in [-0.39, 0.29) is 17.7 Å². The maximum Gasteiger partial charge on any atom is 0.261 e. The fourth-order valence-corrected chi connectivity index (χ4v) is 2.17. The van der Waals surface area contributed by atoms with E-state index in [4.69, 9.17) is 0 Å². The number of rotatable bonds is 5. The van der Waals surface area contributed by atoms with Crippen LogP contribution in [-0.2, 0) is 4.79 Å². The minimum Gasteiger partial charge on any atom is -0.303 e. The zero-order chi connectivity index (χ0) is 13.1. The predicted molar refractivity (Wildman–Crippen MR) is 66.3 cm³/mol. The van der Waals surface area contributed by atoms with E-state index in [1.807, 2.05) is 6.92 Å². The smallest absolute Gasteiger partial charge is 0.261 e. The van der Waals surface area contributed by atoms with Gasteiger partial charge in [-0.15, -0.1) is 0 Å². The van der Waals surface area contributed by atoms with Crippen LogP contribution >= 0.6 is 0 Å². The molecule has 1 aliphatic heterocycles. The van der Waals surface area contributed by atoms with Crippen molar-refractivity contribution < 1.29 is 14.4 Å². The molecule has 0 spiro atoms. The summed E-state index contributed by atoms with van der Waals surface area (Å²) in [7, 11) is 0. The molecule has 0 aliphatic carbocycles. The third kappa shape index (κ3) is 2.06. The summed E-state index contributed by atoms with van der Waals surface area (Å²) >= 11 is 0. The molecule has 94 valence electrons. The highest BCUT2D eigenvalue weighted by Crippen LogP contribution is 2.24. The second kappa shape index (κ2) is 5.12. The van der Waals surface area contributed by atoms with E-state index in [1.165, 1.54) is 4.90 Å². The Morgan fingerprint density at radius 2 is 1.72 bits per heavy atom. The van der Waals surface area contributed by atoms with Gasteiger partial charge in [-0.3, -0.25) is 14.5 Å². The lowest BCUT2D eigenvalue weighted by atomic mass is 10.0. The minimum absolute atomic E-state index is 0.0460. The molecule has 4 nitrogen and oxygen atoms in total. The fraction of sp³-hybridized carbons (Fsp3) is 0.357. The van der Waals surface area contributed by atoms with Crippen molar-refractivity contribution in [2.75, 3.05) is 6.54 Å². The molecule has 0 N–H and O–H groups in total. The monoisotopic (exact) mass is 245 g/mol. The molecule has 1 aliphatic rings. The number of amides is 2. The lowest BCUT2D eigenvalue weighted by Crippen LogP contribution is -2.34. The number of benzene rings is 1. The van der Waals surface area contributed by atoms with E-state index in [0.29, 0.717) is 24.1 Å². The van der Waals surface area contributed by atoms with E-state index in [9.17, 15) is 14.4 Å². The van der Waals surface area contributed by atoms with Gasteiger partial charge < -0.3 is 4.79 Å². The summed E-state index contributed by atoms with van der Waals surface area (Å²) in [6.45, 7) is 2.27. The first-order chi connectivity index (χ1) is 8.69. The third-order valence-corrected chi connectivity index (χ3v) is 3.33. The molecule has 1 atom stereocenters. The van der Waals surface area contributed by atoms with Crippen molar-refractivity contribution in [1.82, 2.24) is 4.90 Å². The largest absolute Gasteiger partial charge is 0.303 e. The summed E-state index contributed by atoms with van der Waals surface area (Å²) in [5.74, 6) is -0.454. The number of aldehydes is 1. The lowest BCUT2D eigenvalue weighted by molar-refractivity contribution is -0.108. The van der Waals surface area contributed by atoms with Crippen LogP contribution in [0.1, 0.15) is 40.5 Å². The highest BCUT2D eigenvalue weighted by atomic mass is 16.2. The molecule has 1 heterocycles. The molecule has 0 saturated heterocycles. The summed E-state index contributed by atoms with van der Waals surface area (Å²) in [4.78, 5) is 36.0. The van der Waals surface area contributed by atoms with Crippen LogP contribution < -0.4 is 0 Å². The number of imide groups is 1. The molecule has 0 saturated carbocycles. The highest BCUT2D eigenvalue weighted by molar-refractivity contribution is 6.21. The van der Waals surface area contributed by atoms with Gasteiger partial charge >= 0.3 is 0 Å². The van der Waals surface area contributed by atoms with Crippen LogP contribution in [0.2, 0.25) is 0 Å². The van der Waals surface area contributed by atoms with Crippen LogP contribution in [0.4, 0.5) is 0 Å². The molecule has 2 amide bonds. The molecule has 18 heavy (non-hydrogen) atoms. The molecule has 0 fully saturated rings. The van der Waals surface area contributed by atoms with Crippen LogP contribution in [0.5, 0.6) is 0 Å². The van der Waals surface area contributed by atoms with Crippen LogP contribution in [0, 0.1) is 5.92 Å². The second-order valence-electron chi connectivity index (χ2n) is 4.44. The van der Waals surface area contributed by atoms with Gasteiger partial charge in [0.15, 0.2) is 0 Å². The van der Waals surface area contributed by atoms with Gasteiger partial charge in [-0.05, 0) is 18.1 Å². The van der Waals surface area contributed by atoms with Gasteiger partial charge in [-0.25, -0.2) is 0 Å². The molecule has 0 bridgehead atoms. The topological polar surface area (TPSA) is 54.5 Å². The Kier molecular flexibility index (Phi) is 3.55. The maximum atomic E-state index is 12.1. The zero-order valence-corrected chi connectivity index (χ0v) is 10.3. The standard InChI is InChI=1S/C14H15NO3/c1-2-10(7-8-16)9-15-13(17)11-5-3-4-6-12(11)14(15)18/h3-6,8,10H,2,7,9H2,1H3. The fourth-order valence-electron chi connectivity index (χ4n) is 2.17. The molecule has 0 radical (unpaired) electrons. The van der Waals surface area contributed by atoms with Gasteiger partial charge in [-0.2, -0.15) is 0 Å². The van der Waals surface area contributed by atoms with E-state index >= 15 is 0 Å². The van der Waals surface area contributed by atoms with Gasteiger partial charge in [-0.1, -0.05) is 25.5 Å². The Balaban J connectivity index is 2.20. The van der Waals surface area contributed by atoms with Crippen LogP contribution in [0.15, 0.2) is 24.3 Å². The zero-order valence-electron chi connectivity index (χ0n) is 10.3. The lowest BCUT2D eigenvalue weighted by Gasteiger charge is -2.19. The van der Waals surface area contributed by atoms with Crippen molar-refractivity contribution >= 4 is 18.1 Å². The SMILES string of the molecule is CCC(CC=O)CN1C(=O)c2ccccc2C1=O. The van der Waals surface area contributed by atoms with E-state index in [2.05, 4.69) is 0 Å². The van der Waals surface area contributed by atoms with Crippen molar-refractivity contribution in [3.63, 3.8) is 0 Å². The Hall–Kier alpha value is -1.97. The van der Waals surface area contributed by atoms with Crippen LogP contribution in [0.25, 0.3) is 0 Å². The third-order valence-electron chi connectivity index (χ3n) is 3.33. The number of nitrogens with zero attached hydrogens (tertiary/aromatic N) is 1. The first-order valence-corrected chi connectivity index (χ1v) is 6.07. The van der Waals surface area contributed by atoms with Crippen molar-refractivity contribution in [2.24, 2.45) is 5.92 Å². The molecule has 2 rings (SSSR count). The Labute approximate surface area is 106 Å². The van der Waals surface area contributed by atoms with E-state index < -0.39 is 0 Å². The quantitative estimate of drug-likeness (QED) is 0.588. The van der Waals surface area contributed by atoms with Gasteiger partial charge in [0.2, 0.25) is 0 Å². The molecule has 1 aromatic carbocycles. The Morgan fingerprint density at radius 3 is 2.17 bits per heavy atom. The predicted octanol–water partition coefficient (Wildman–Crippen LogP) is 1.90. The van der Waals surface area contributed by atoms with Crippen LogP contribution in [-0.4, -0.2) is 29.5 Å². The first kappa shape index (κ1) is 12.5. The summed E-state index contributed by atoms with van der Waals surface area (Å²) in [5.41, 5.74) is 0.923. The number of carbonyl (C=O) groups is 3. The van der Waals surface area contributed by atoms with Crippen molar-refractivity contribution in [1.29, 1.82) is 0 Å². The molecular formula is C14H15NO3. The van der Waals surface area contributed by atoms with Crippen LogP contribution in [0.3, 0.4) is 0 Å². The molecule has 0 aromatic heterocycles. The summed E-state index contributed by atoms with van der Waals surface area (Å²) in [6.07, 6.45) is 1.99. The average molecular weight is 245 g/mol. The molecule has 1 aromatic rings. The Bertz CT molecular complexity index is 461. The van der Waals surface area contributed by atoms with Crippen molar-refractivity contribution in [2.45, 2.75) is 19.8 Å². The molecule has 4 heteroatoms. The highest BCUT2D eigenvalue weighted by Gasteiger charge is 2.35. The minimum atomic E-state index is -0.250.